The second-order valence-corrected chi connectivity index (χ2v) is 11.0. The van der Waals surface area contributed by atoms with Gasteiger partial charge in [-0.15, -0.1) is 0 Å². The van der Waals surface area contributed by atoms with E-state index in [1.54, 1.807) is 11.1 Å². The summed E-state index contributed by atoms with van der Waals surface area (Å²) in [4.78, 5) is 18.0. The summed E-state index contributed by atoms with van der Waals surface area (Å²) in [6, 6.07) is 9.26. The van der Waals surface area contributed by atoms with Gasteiger partial charge in [0, 0.05) is 43.8 Å². The Morgan fingerprint density at radius 1 is 1.23 bits per heavy atom. The minimum atomic E-state index is 0.0366. The SMILES string of the molecule is CC1=C2C[C@@H]3C(CN4CCN(c5cccc(C)c5)C(C)C4)C(=O)O[C@@H]3C[C@@]2(C)CCC1. The van der Waals surface area contributed by atoms with E-state index < -0.39 is 0 Å². The Morgan fingerprint density at radius 3 is 2.84 bits per heavy atom. The van der Waals surface area contributed by atoms with Crippen LogP contribution in [-0.2, 0) is 9.53 Å². The van der Waals surface area contributed by atoms with Crippen LogP contribution < -0.4 is 4.90 Å². The Labute approximate surface area is 187 Å². The van der Waals surface area contributed by atoms with Gasteiger partial charge in [-0.2, -0.15) is 0 Å². The second kappa shape index (κ2) is 7.95. The zero-order valence-electron chi connectivity index (χ0n) is 19.7. The summed E-state index contributed by atoms with van der Waals surface area (Å²) < 4.78 is 6.00. The van der Waals surface area contributed by atoms with Gasteiger partial charge in [-0.3, -0.25) is 9.69 Å². The number of carbonyl (C=O) groups is 1. The van der Waals surface area contributed by atoms with Gasteiger partial charge < -0.3 is 9.64 Å². The first kappa shape index (κ1) is 21.1. The summed E-state index contributed by atoms with van der Waals surface area (Å²) in [5.74, 6) is 0.465. The predicted molar refractivity (Wildman–Crippen MR) is 125 cm³/mol. The molecule has 2 unspecified atom stereocenters. The van der Waals surface area contributed by atoms with Crippen LogP contribution in [0.1, 0.15) is 58.4 Å². The summed E-state index contributed by atoms with van der Waals surface area (Å²) in [7, 11) is 0. The molecule has 5 atom stereocenters. The molecule has 2 aliphatic carbocycles. The zero-order chi connectivity index (χ0) is 21.8. The van der Waals surface area contributed by atoms with Crippen LogP contribution in [0.4, 0.5) is 5.69 Å². The van der Waals surface area contributed by atoms with Crippen LogP contribution in [0, 0.1) is 24.2 Å². The van der Waals surface area contributed by atoms with Crippen molar-refractivity contribution < 1.29 is 9.53 Å². The molecule has 0 N–H and O–H groups in total. The number of ether oxygens (including phenoxy) is 1. The van der Waals surface area contributed by atoms with E-state index in [0.29, 0.717) is 12.0 Å². The summed E-state index contributed by atoms with van der Waals surface area (Å²) >= 11 is 0. The molecule has 0 bridgehead atoms. The lowest BCUT2D eigenvalue weighted by atomic mass is 9.59. The monoisotopic (exact) mass is 422 g/mol. The summed E-state index contributed by atoms with van der Waals surface area (Å²) in [6.07, 6.45) is 6.00. The van der Waals surface area contributed by atoms with E-state index >= 15 is 0 Å². The van der Waals surface area contributed by atoms with E-state index in [9.17, 15) is 4.79 Å². The molecule has 0 aromatic heterocycles. The van der Waals surface area contributed by atoms with Crippen LogP contribution in [-0.4, -0.2) is 49.2 Å². The number of nitrogens with zero attached hydrogens (tertiary/aromatic N) is 2. The number of rotatable bonds is 3. The minimum absolute atomic E-state index is 0.0366. The van der Waals surface area contributed by atoms with Crippen molar-refractivity contribution in [2.24, 2.45) is 17.3 Å². The first-order valence-electron chi connectivity index (χ1n) is 12.3. The van der Waals surface area contributed by atoms with Crippen molar-refractivity contribution >= 4 is 11.7 Å². The lowest BCUT2D eigenvalue weighted by Crippen LogP contribution is -2.53. The molecule has 2 heterocycles. The van der Waals surface area contributed by atoms with Crippen LogP contribution >= 0.6 is 0 Å². The largest absolute Gasteiger partial charge is 0.462 e. The first-order valence-corrected chi connectivity index (χ1v) is 12.3. The number of aryl methyl sites for hydroxylation is 1. The van der Waals surface area contributed by atoms with Crippen molar-refractivity contribution in [2.45, 2.75) is 71.9 Å². The number of carbonyl (C=O) groups excluding carboxylic acids is 1. The molecule has 2 saturated heterocycles. The normalized spacial score (nSPS) is 36.3. The van der Waals surface area contributed by atoms with E-state index in [-0.39, 0.29) is 23.4 Å². The average Bonchev–Trinajstić information content (AvgIpc) is 3.00. The molecule has 4 nitrogen and oxygen atoms in total. The maximum Gasteiger partial charge on any atom is 0.310 e. The van der Waals surface area contributed by atoms with Gasteiger partial charge in [-0.25, -0.2) is 0 Å². The fourth-order valence-corrected chi connectivity index (χ4v) is 6.99. The molecule has 31 heavy (non-hydrogen) atoms. The maximum absolute atomic E-state index is 12.9. The van der Waals surface area contributed by atoms with Crippen LogP contribution in [0.3, 0.4) is 0 Å². The van der Waals surface area contributed by atoms with Crippen molar-refractivity contribution in [3.63, 3.8) is 0 Å². The van der Waals surface area contributed by atoms with Crippen molar-refractivity contribution in [2.75, 3.05) is 31.1 Å². The zero-order valence-corrected chi connectivity index (χ0v) is 19.7. The van der Waals surface area contributed by atoms with E-state index in [2.05, 4.69) is 61.8 Å². The second-order valence-electron chi connectivity index (χ2n) is 11.0. The summed E-state index contributed by atoms with van der Waals surface area (Å²) in [5, 5.41) is 0. The number of benzene rings is 1. The molecule has 5 rings (SSSR count). The molecule has 0 spiro atoms. The van der Waals surface area contributed by atoms with Crippen molar-refractivity contribution in [1.29, 1.82) is 0 Å². The molecule has 0 radical (unpaired) electrons. The van der Waals surface area contributed by atoms with Gasteiger partial charge in [0.2, 0.25) is 0 Å². The van der Waals surface area contributed by atoms with E-state index in [4.69, 9.17) is 4.74 Å². The molecular weight excluding hydrogens is 384 g/mol. The van der Waals surface area contributed by atoms with E-state index in [1.165, 1.54) is 30.5 Å². The number of esters is 1. The fourth-order valence-electron chi connectivity index (χ4n) is 6.99. The summed E-state index contributed by atoms with van der Waals surface area (Å²) in [6.45, 7) is 13.1. The van der Waals surface area contributed by atoms with E-state index in [1.807, 2.05) is 0 Å². The van der Waals surface area contributed by atoms with Gasteiger partial charge in [-0.1, -0.05) is 30.2 Å². The number of anilines is 1. The molecule has 4 heteroatoms. The maximum atomic E-state index is 12.9. The Balaban J connectivity index is 1.27. The van der Waals surface area contributed by atoms with Crippen molar-refractivity contribution in [1.82, 2.24) is 4.90 Å². The molecule has 4 aliphatic rings. The van der Waals surface area contributed by atoms with Gasteiger partial charge >= 0.3 is 5.97 Å². The average molecular weight is 423 g/mol. The molecule has 168 valence electrons. The van der Waals surface area contributed by atoms with Gasteiger partial charge in [-0.05, 0) is 76.0 Å². The van der Waals surface area contributed by atoms with Crippen LogP contribution in [0.2, 0.25) is 0 Å². The third-order valence-corrected chi connectivity index (χ3v) is 8.68. The third-order valence-electron chi connectivity index (χ3n) is 8.68. The van der Waals surface area contributed by atoms with Crippen LogP contribution in [0.15, 0.2) is 35.4 Å². The van der Waals surface area contributed by atoms with Gasteiger partial charge in [0.05, 0.1) is 5.92 Å². The Kier molecular flexibility index (Phi) is 5.40. The highest BCUT2D eigenvalue weighted by molar-refractivity contribution is 5.76. The Morgan fingerprint density at radius 2 is 2.06 bits per heavy atom. The number of hydrogen-bond donors (Lipinski definition) is 0. The molecule has 1 aromatic carbocycles. The molecule has 1 aromatic rings. The van der Waals surface area contributed by atoms with Gasteiger partial charge in [0.15, 0.2) is 0 Å². The standard InChI is InChI=1S/C27H38N2O2/c1-18-7-5-9-21(13-18)29-12-11-28(16-20(29)3)17-23-22-14-24-19(2)8-6-10-27(24,4)15-25(22)31-26(23)30/h5,7,9,13,20,22-23,25H,6,8,10-12,14-17H2,1-4H3/t20?,22-,23?,25-,27-/m1/s1. The van der Waals surface area contributed by atoms with Gasteiger partial charge in [0.25, 0.3) is 0 Å². The van der Waals surface area contributed by atoms with Gasteiger partial charge in [0.1, 0.15) is 6.10 Å². The topological polar surface area (TPSA) is 32.8 Å². The molecule has 0 amide bonds. The first-order chi connectivity index (χ1) is 14.8. The number of fused-ring (bicyclic) bond motifs is 2. The Bertz CT molecular complexity index is 893. The number of hydrogen-bond acceptors (Lipinski definition) is 4. The van der Waals surface area contributed by atoms with Crippen LogP contribution in [0.25, 0.3) is 0 Å². The fraction of sp³-hybridized carbons (Fsp3) is 0.667. The lowest BCUT2D eigenvalue weighted by Gasteiger charge is -2.46. The van der Waals surface area contributed by atoms with Crippen molar-refractivity contribution in [3.05, 3.63) is 41.0 Å². The molecule has 3 fully saturated rings. The highest BCUT2D eigenvalue weighted by Crippen LogP contribution is 2.55. The van der Waals surface area contributed by atoms with Crippen molar-refractivity contribution in [3.8, 4) is 0 Å². The molecular formula is C27H38N2O2. The smallest absolute Gasteiger partial charge is 0.310 e. The highest BCUT2D eigenvalue weighted by atomic mass is 16.6. The minimum Gasteiger partial charge on any atom is -0.462 e. The summed E-state index contributed by atoms with van der Waals surface area (Å²) in [5.41, 5.74) is 6.13. The highest BCUT2D eigenvalue weighted by Gasteiger charge is 2.53. The van der Waals surface area contributed by atoms with Crippen LogP contribution in [0.5, 0.6) is 0 Å². The van der Waals surface area contributed by atoms with E-state index in [0.717, 1.165) is 39.0 Å². The Hall–Kier alpha value is -1.81. The lowest BCUT2D eigenvalue weighted by molar-refractivity contribution is -0.145. The molecule has 1 saturated carbocycles. The molecule has 2 aliphatic heterocycles. The number of allylic oxidation sites excluding steroid dienone is 2. The number of piperazine rings is 1. The predicted octanol–water partition coefficient (Wildman–Crippen LogP) is 4.96. The quantitative estimate of drug-likeness (QED) is 0.509. The third kappa shape index (κ3) is 3.82.